The minimum absolute atomic E-state index is 0.0955. The normalized spacial score (nSPS) is 24.1. The summed E-state index contributed by atoms with van der Waals surface area (Å²) in [6.45, 7) is 3.75. The molecule has 1 nitrogen and oxygen atoms in total. The third kappa shape index (κ3) is 2.66. The third-order valence-corrected chi connectivity index (χ3v) is 2.65. The van der Waals surface area contributed by atoms with E-state index in [0.717, 1.165) is 6.42 Å². The van der Waals surface area contributed by atoms with E-state index in [4.69, 9.17) is 5.73 Å². The summed E-state index contributed by atoms with van der Waals surface area (Å²) in [6, 6.07) is 0. The molecule has 1 saturated carbocycles. The first-order valence-electron chi connectivity index (χ1n) is 4.67. The largest absolute Gasteiger partial charge is 0.325 e. The number of hydrogen-bond acceptors (Lipinski definition) is 1. The van der Waals surface area contributed by atoms with Gasteiger partial charge in [0.15, 0.2) is 0 Å². The van der Waals surface area contributed by atoms with Crippen LogP contribution in [0.3, 0.4) is 0 Å². The molecule has 0 saturated heterocycles. The molecule has 0 radical (unpaired) electrons. The van der Waals surface area contributed by atoms with Crippen LogP contribution in [0.15, 0.2) is 12.7 Å². The van der Waals surface area contributed by atoms with Crippen molar-refractivity contribution in [2.24, 2.45) is 5.73 Å². The Balaban J connectivity index is 2.44. The smallest absolute Gasteiger partial charge is 0.0189 e. The Bertz CT molecular complexity index is 121. The summed E-state index contributed by atoms with van der Waals surface area (Å²) >= 11 is 0. The van der Waals surface area contributed by atoms with E-state index in [-0.39, 0.29) is 5.54 Å². The molecule has 1 rings (SSSR count). The highest BCUT2D eigenvalue weighted by atomic mass is 14.7. The van der Waals surface area contributed by atoms with Gasteiger partial charge in [0.05, 0.1) is 0 Å². The Morgan fingerprint density at radius 2 is 1.73 bits per heavy atom. The van der Waals surface area contributed by atoms with E-state index in [1.54, 1.807) is 0 Å². The molecular formula is C10H19N. The summed E-state index contributed by atoms with van der Waals surface area (Å²) in [5.41, 5.74) is 6.29. The number of hydrogen-bond donors (Lipinski definition) is 1. The molecule has 0 heterocycles. The summed E-state index contributed by atoms with van der Waals surface area (Å²) in [4.78, 5) is 0. The van der Waals surface area contributed by atoms with Gasteiger partial charge >= 0.3 is 0 Å². The maximum atomic E-state index is 6.20. The maximum absolute atomic E-state index is 6.20. The Morgan fingerprint density at radius 1 is 1.18 bits per heavy atom. The molecule has 0 aromatic heterocycles. The molecule has 0 bridgehead atoms. The monoisotopic (exact) mass is 153 g/mol. The molecule has 1 heteroatoms. The fourth-order valence-electron chi connectivity index (χ4n) is 1.92. The quantitative estimate of drug-likeness (QED) is 0.479. The van der Waals surface area contributed by atoms with Gasteiger partial charge in [-0.2, -0.15) is 0 Å². The van der Waals surface area contributed by atoms with E-state index >= 15 is 0 Å². The molecule has 0 spiro atoms. The van der Waals surface area contributed by atoms with E-state index in [9.17, 15) is 0 Å². The molecule has 0 aliphatic heterocycles. The highest BCUT2D eigenvalue weighted by Gasteiger charge is 2.23. The van der Waals surface area contributed by atoms with Gasteiger partial charge in [0, 0.05) is 5.54 Å². The molecule has 1 aliphatic carbocycles. The second kappa shape index (κ2) is 3.91. The van der Waals surface area contributed by atoms with Crippen molar-refractivity contribution in [2.75, 3.05) is 0 Å². The molecule has 0 aromatic carbocycles. The Hall–Kier alpha value is -0.300. The van der Waals surface area contributed by atoms with Crippen molar-refractivity contribution in [3.63, 3.8) is 0 Å². The van der Waals surface area contributed by atoms with Gasteiger partial charge in [-0.15, -0.1) is 6.58 Å². The van der Waals surface area contributed by atoms with Crippen LogP contribution < -0.4 is 5.73 Å². The lowest BCUT2D eigenvalue weighted by atomic mass is 9.88. The minimum atomic E-state index is 0.0955. The highest BCUT2D eigenvalue weighted by Crippen LogP contribution is 2.27. The molecule has 0 aromatic rings. The SMILES string of the molecule is C=CCC1(N)CCCCCC1. The minimum Gasteiger partial charge on any atom is -0.325 e. The standard InChI is InChI=1S/C10H19N/c1-2-7-10(11)8-5-3-4-6-9-10/h2H,1,3-9,11H2. The second-order valence-corrected chi connectivity index (χ2v) is 3.77. The van der Waals surface area contributed by atoms with Crippen LogP contribution in [0, 0.1) is 0 Å². The topological polar surface area (TPSA) is 26.0 Å². The predicted octanol–water partition coefficient (Wildman–Crippen LogP) is 2.61. The van der Waals surface area contributed by atoms with Crippen LogP contribution in [0.2, 0.25) is 0 Å². The molecule has 0 unspecified atom stereocenters. The average molecular weight is 153 g/mol. The van der Waals surface area contributed by atoms with E-state index in [2.05, 4.69) is 6.58 Å². The Kier molecular flexibility index (Phi) is 3.13. The predicted molar refractivity (Wildman–Crippen MR) is 49.4 cm³/mol. The maximum Gasteiger partial charge on any atom is 0.0189 e. The van der Waals surface area contributed by atoms with Crippen LogP contribution in [0.1, 0.15) is 44.9 Å². The van der Waals surface area contributed by atoms with E-state index in [1.807, 2.05) is 6.08 Å². The van der Waals surface area contributed by atoms with E-state index in [0.29, 0.717) is 0 Å². The van der Waals surface area contributed by atoms with Crippen molar-refractivity contribution in [1.29, 1.82) is 0 Å². The van der Waals surface area contributed by atoms with Gasteiger partial charge in [-0.25, -0.2) is 0 Å². The molecule has 64 valence electrons. The van der Waals surface area contributed by atoms with Crippen LogP contribution in [0.25, 0.3) is 0 Å². The van der Waals surface area contributed by atoms with Crippen molar-refractivity contribution in [3.8, 4) is 0 Å². The lowest BCUT2D eigenvalue weighted by molar-refractivity contribution is 0.376. The molecule has 1 aliphatic rings. The molecule has 11 heavy (non-hydrogen) atoms. The Morgan fingerprint density at radius 3 is 2.18 bits per heavy atom. The van der Waals surface area contributed by atoms with Gasteiger partial charge < -0.3 is 5.73 Å². The van der Waals surface area contributed by atoms with Crippen molar-refractivity contribution in [1.82, 2.24) is 0 Å². The van der Waals surface area contributed by atoms with Crippen molar-refractivity contribution < 1.29 is 0 Å². The summed E-state index contributed by atoms with van der Waals surface area (Å²) in [7, 11) is 0. The van der Waals surface area contributed by atoms with Crippen LogP contribution in [-0.2, 0) is 0 Å². The second-order valence-electron chi connectivity index (χ2n) is 3.77. The van der Waals surface area contributed by atoms with E-state index < -0.39 is 0 Å². The van der Waals surface area contributed by atoms with Crippen LogP contribution in [0.5, 0.6) is 0 Å². The van der Waals surface area contributed by atoms with Crippen LogP contribution in [-0.4, -0.2) is 5.54 Å². The van der Waals surface area contributed by atoms with Gasteiger partial charge in [0.1, 0.15) is 0 Å². The average Bonchev–Trinajstić information content (AvgIpc) is 2.15. The first-order valence-corrected chi connectivity index (χ1v) is 4.67. The van der Waals surface area contributed by atoms with E-state index in [1.165, 1.54) is 38.5 Å². The highest BCUT2D eigenvalue weighted by molar-refractivity contribution is 4.91. The molecule has 1 fully saturated rings. The summed E-state index contributed by atoms with van der Waals surface area (Å²) in [5.74, 6) is 0. The first kappa shape index (κ1) is 8.79. The van der Waals surface area contributed by atoms with Crippen molar-refractivity contribution in [3.05, 3.63) is 12.7 Å². The molecule has 2 N–H and O–H groups in total. The fraction of sp³-hybridized carbons (Fsp3) is 0.800. The Labute approximate surface area is 69.7 Å². The third-order valence-electron chi connectivity index (χ3n) is 2.65. The van der Waals surface area contributed by atoms with Crippen molar-refractivity contribution in [2.45, 2.75) is 50.5 Å². The van der Waals surface area contributed by atoms with Crippen LogP contribution in [0.4, 0.5) is 0 Å². The summed E-state index contributed by atoms with van der Waals surface area (Å²) in [6.07, 6.45) is 10.7. The van der Waals surface area contributed by atoms with Crippen LogP contribution >= 0.6 is 0 Å². The van der Waals surface area contributed by atoms with Crippen molar-refractivity contribution >= 4 is 0 Å². The lowest BCUT2D eigenvalue weighted by Crippen LogP contribution is -2.38. The summed E-state index contributed by atoms with van der Waals surface area (Å²) in [5, 5.41) is 0. The number of rotatable bonds is 2. The zero-order chi connectivity index (χ0) is 8.16. The van der Waals surface area contributed by atoms with Gasteiger partial charge in [-0.1, -0.05) is 31.8 Å². The molecule has 0 amide bonds. The number of nitrogens with two attached hydrogens (primary N) is 1. The molecule has 0 atom stereocenters. The zero-order valence-electron chi connectivity index (χ0n) is 7.31. The lowest BCUT2D eigenvalue weighted by Gasteiger charge is -2.26. The van der Waals surface area contributed by atoms with Gasteiger partial charge in [-0.3, -0.25) is 0 Å². The zero-order valence-corrected chi connectivity index (χ0v) is 7.31. The first-order chi connectivity index (χ1) is 5.27. The fourth-order valence-corrected chi connectivity index (χ4v) is 1.92. The molecular weight excluding hydrogens is 134 g/mol. The van der Waals surface area contributed by atoms with Gasteiger partial charge in [0.25, 0.3) is 0 Å². The van der Waals surface area contributed by atoms with Gasteiger partial charge in [-0.05, 0) is 19.3 Å². The summed E-state index contributed by atoms with van der Waals surface area (Å²) < 4.78 is 0. The van der Waals surface area contributed by atoms with Gasteiger partial charge in [0.2, 0.25) is 0 Å².